The van der Waals surface area contributed by atoms with Crippen molar-refractivity contribution in [3.8, 4) is 0 Å². The topological polar surface area (TPSA) is 72.1 Å². The molecule has 0 spiro atoms. The van der Waals surface area contributed by atoms with Gasteiger partial charge in [-0.05, 0) is 43.7 Å². The minimum Gasteiger partial charge on any atom is -0.425 e. The zero-order chi connectivity index (χ0) is 18.5. The van der Waals surface area contributed by atoms with E-state index in [2.05, 4.69) is 27.3 Å². The van der Waals surface area contributed by atoms with Crippen LogP contribution in [0.3, 0.4) is 0 Å². The molecule has 6 nitrogen and oxygen atoms in total. The van der Waals surface area contributed by atoms with Gasteiger partial charge in [-0.1, -0.05) is 19.9 Å². The molecule has 0 unspecified atom stereocenters. The molecule has 3 rings (SSSR count). The lowest BCUT2D eigenvalue weighted by Gasteiger charge is -2.33. The van der Waals surface area contributed by atoms with Crippen molar-refractivity contribution in [1.82, 2.24) is 20.1 Å². The van der Waals surface area contributed by atoms with Gasteiger partial charge in [-0.15, -0.1) is 10.2 Å². The smallest absolute Gasteiger partial charge is 0.223 e. The highest BCUT2D eigenvalue weighted by molar-refractivity contribution is 5.76. The van der Waals surface area contributed by atoms with Crippen LogP contribution in [0.25, 0.3) is 0 Å². The number of hydrogen-bond acceptors (Lipinski definition) is 5. The van der Waals surface area contributed by atoms with Crippen molar-refractivity contribution in [2.24, 2.45) is 5.92 Å². The summed E-state index contributed by atoms with van der Waals surface area (Å²) in [5.41, 5.74) is 2.29. The van der Waals surface area contributed by atoms with E-state index in [9.17, 15) is 4.79 Å². The highest BCUT2D eigenvalue weighted by Gasteiger charge is 2.24. The Bertz CT molecular complexity index is 724. The number of hydrogen-bond donors (Lipinski definition) is 0. The van der Waals surface area contributed by atoms with E-state index in [0.717, 1.165) is 31.6 Å². The fourth-order valence-electron chi connectivity index (χ4n) is 3.38. The Balaban J connectivity index is 1.49. The van der Waals surface area contributed by atoms with Crippen LogP contribution in [0.2, 0.25) is 0 Å². The van der Waals surface area contributed by atoms with E-state index in [0.29, 0.717) is 30.5 Å². The first-order valence-corrected chi connectivity index (χ1v) is 9.53. The highest BCUT2D eigenvalue weighted by atomic mass is 16.4. The van der Waals surface area contributed by atoms with E-state index in [1.54, 1.807) is 0 Å². The number of carbonyl (C=O) groups excluding carboxylic acids is 1. The van der Waals surface area contributed by atoms with Crippen molar-refractivity contribution in [2.45, 2.75) is 58.8 Å². The number of likely N-dealkylation sites (tertiary alicyclic amines) is 1. The first kappa shape index (κ1) is 18.5. The van der Waals surface area contributed by atoms with Gasteiger partial charge in [0.1, 0.15) is 0 Å². The van der Waals surface area contributed by atoms with E-state index in [-0.39, 0.29) is 11.8 Å². The van der Waals surface area contributed by atoms with Gasteiger partial charge in [-0.3, -0.25) is 9.78 Å². The van der Waals surface area contributed by atoms with Gasteiger partial charge in [0.25, 0.3) is 0 Å². The van der Waals surface area contributed by atoms with Gasteiger partial charge in [0.15, 0.2) is 0 Å². The molecular weight excluding hydrogens is 328 g/mol. The number of aromatic nitrogens is 3. The second-order valence-corrected chi connectivity index (χ2v) is 7.55. The summed E-state index contributed by atoms with van der Waals surface area (Å²) in [5, 5.41) is 8.06. The zero-order valence-corrected chi connectivity index (χ0v) is 15.9. The number of carbonyl (C=O) groups is 1. The van der Waals surface area contributed by atoms with Gasteiger partial charge in [0, 0.05) is 43.7 Å². The molecule has 1 aliphatic heterocycles. The number of rotatable bonds is 6. The first-order chi connectivity index (χ1) is 12.5. The summed E-state index contributed by atoms with van der Waals surface area (Å²) in [4.78, 5) is 18.9. The molecular formula is C20H28N4O2. The molecule has 0 aliphatic carbocycles. The van der Waals surface area contributed by atoms with Crippen LogP contribution in [0.1, 0.15) is 62.1 Å². The number of piperidine rings is 1. The standard InChI is InChI=1S/C20H28N4O2/c1-14(2)20-23-22-18(26-20)8-9-19(25)24-10-4-5-17(13-24)11-16-7-6-15(3)21-12-16/h6-7,12,14,17H,4-5,8-11,13H2,1-3H3/t17-/m0/s1. The average Bonchev–Trinajstić information content (AvgIpc) is 3.11. The fraction of sp³-hybridized carbons (Fsp3) is 0.600. The summed E-state index contributed by atoms with van der Waals surface area (Å²) < 4.78 is 5.59. The highest BCUT2D eigenvalue weighted by Crippen LogP contribution is 2.22. The number of nitrogens with zero attached hydrogens (tertiary/aromatic N) is 4. The molecule has 0 radical (unpaired) electrons. The molecule has 0 bridgehead atoms. The molecule has 0 N–H and O–H groups in total. The maximum Gasteiger partial charge on any atom is 0.223 e. The van der Waals surface area contributed by atoms with Crippen molar-refractivity contribution >= 4 is 5.91 Å². The Hall–Kier alpha value is -2.24. The average molecular weight is 356 g/mol. The predicted octanol–water partition coefficient (Wildman–Crippen LogP) is 3.31. The fourth-order valence-corrected chi connectivity index (χ4v) is 3.38. The van der Waals surface area contributed by atoms with Gasteiger partial charge in [0.05, 0.1) is 0 Å². The Labute approximate surface area is 155 Å². The zero-order valence-electron chi connectivity index (χ0n) is 15.9. The lowest BCUT2D eigenvalue weighted by molar-refractivity contribution is -0.133. The van der Waals surface area contributed by atoms with E-state index < -0.39 is 0 Å². The normalized spacial score (nSPS) is 17.7. The van der Waals surface area contributed by atoms with Gasteiger partial charge in [-0.25, -0.2) is 0 Å². The van der Waals surface area contributed by atoms with Gasteiger partial charge < -0.3 is 9.32 Å². The summed E-state index contributed by atoms with van der Waals surface area (Å²) in [7, 11) is 0. The summed E-state index contributed by atoms with van der Waals surface area (Å²) >= 11 is 0. The number of aryl methyl sites for hydroxylation is 2. The lowest BCUT2D eigenvalue weighted by Crippen LogP contribution is -2.40. The second-order valence-electron chi connectivity index (χ2n) is 7.55. The molecule has 1 fully saturated rings. The van der Waals surface area contributed by atoms with Crippen LogP contribution < -0.4 is 0 Å². The van der Waals surface area contributed by atoms with Gasteiger partial charge >= 0.3 is 0 Å². The monoisotopic (exact) mass is 356 g/mol. The maximum atomic E-state index is 12.6. The molecule has 140 valence electrons. The predicted molar refractivity (Wildman–Crippen MR) is 98.7 cm³/mol. The molecule has 1 aliphatic rings. The molecule has 1 amide bonds. The number of amides is 1. The Morgan fingerprint density at radius 3 is 2.88 bits per heavy atom. The van der Waals surface area contributed by atoms with Crippen LogP contribution in [0.5, 0.6) is 0 Å². The second kappa shape index (κ2) is 8.43. The summed E-state index contributed by atoms with van der Waals surface area (Å²) in [6, 6.07) is 4.20. The molecule has 6 heteroatoms. The lowest BCUT2D eigenvalue weighted by atomic mass is 9.91. The molecule has 26 heavy (non-hydrogen) atoms. The largest absolute Gasteiger partial charge is 0.425 e. The van der Waals surface area contributed by atoms with Crippen LogP contribution in [0.15, 0.2) is 22.7 Å². The molecule has 3 heterocycles. The van der Waals surface area contributed by atoms with E-state index in [4.69, 9.17) is 4.42 Å². The van der Waals surface area contributed by atoms with Crippen molar-refractivity contribution in [1.29, 1.82) is 0 Å². The third kappa shape index (κ3) is 4.90. The van der Waals surface area contributed by atoms with E-state index in [1.165, 1.54) is 12.0 Å². The Morgan fingerprint density at radius 2 is 2.19 bits per heavy atom. The summed E-state index contributed by atoms with van der Waals surface area (Å²) in [5.74, 6) is 2.10. The SMILES string of the molecule is Cc1ccc(C[C@@H]2CCCN(C(=O)CCc3nnc(C(C)C)o3)C2)cn1. The molecule has 0 saturated carbocycles. The Kier molecular flexibility index (Phi) is 6.01. The minimum atomic E-state index is 0.182. The minimum absolute atomic E-state index is 0.182. The molecule has 1 saturated heterocycles. The molecule has 1 atom stereocenters. The number of pyridine rings is 1. The first-order valence-electron chi connectivity index (χ1n) is 9.53. The van der Waals surface area contributed by atoms with Crippen molar-refractivity contribution in [3.05, 3.63) is 41.4 Å². The molecule has 0 aromatic carbocycles. The van der Waals surface area contributed by atoms with Crippen LogP contribution >= 0.6 is 0 Å². The van der Waals surface area contributed by atoms with Gasteiger partial charge in [0.2, 0.25) is 17.7 Å². The molecule has 2 aromatic rings. The van der Waals surface area contributed by atoms with Crippen LogP contribution in [0, 0.1) is 12.8 Å². The van der Waals surface area contributed by atoms with Crippen molar-refractivity contribution < 1.29 is 9.21 Å². The summed E-state index contributed by atoms with van der Waals surface area (Å²) in [6.45, 7) is 7.70. The molecule has 2 aromatic heterocycles. The van der Waals surface area contributed by atoms with Crippen molar-refractivity contribution in [3.63, 3.8) is 0 Å². The maximum absolute atomic E-state index is 12.6. The van der Waals surface area contributed by atoms with Crippen LogP contribution in [-0.2, 0) is 17.6 Å². The van der Waals surface area contributed by atoms with Crippen LogP contribution in [0.4, 0.5) is 0 Å². The summed E-state index contributed by atoms with van der Waals surface area (Å²) in [6.07, 6.45) is 6.11. The van der Waals surface area contributed by atoms with Crippen LogP contribution in [-0.4, -0.2) is 39.1 Å². The third-order valence-corrected chi connectivity index (χ3v) is 4.90. The van der Waals surface area contributed by atoms with E-state index >= 15 is 0 Å². The van der Waals surface area contributed by atoms with E-state index in [1.807, 2.05) is 31.9 Å². The van der Waals surface area contributed by atoms with Crippen molar-refractivity contribution in [2.75, 3.05) is 13.1 Å². The Morgan fingerprint density at radius 1 is 1.35 bits per heavy atom. The van der Waals surface area contributed by atoms with Gasteiger partial charge in [-0.2, -0.15) is 0 Å². The third-order valence-electron chi connectivity index (χ3n) is 4.90. The quantitative estimate of drug-likeness (QED) is 0.794.